The van der Waals surface area contributed by atoms with Crippen molar-refractivity contribution in [3.8, 4) is 33.4 Å². The van der Waals surface area contributed by atoms with E-state index in [0.717, 1.165) is 6.42 Å². The van der Waals surface area contributed by atoms with Crippen molar-refractivity contribution >= 4 is 49.5 Å². The number of allylic oxidation sites excluding steroid dienone is 7. The highest BCUT2D eigenvalue weighted by atomic mass is 14.2. The fourth-order valence-corrected chi connectivity index (χ4v) is 8.26. The van der Waals surface area contributed by atoms with Gasteiger partial charge in [0.2, 0.25) is 0 Å². The van der Waals surface area contributed by atoms with Gasteiger partial charge in [0, 0.05) is 0 Å². The van der Waals surface area contributed by atoms with Gasteiger partial charge in [0.05, 0.1) is 0 Å². The summed E-state index contributed by atoms with van der Waals surface area (Å²) in [5, 5.41) is 7.57. The number of rotatable bonds is 9. The molecule has 0 aromatic heterocycles. The summed E-state index contributed by atoms with van der Waals surface area (Å²) in [6.45, 7) is 14.9. The van der Waals surface area contributed by atoms with E-state index in [-0.39, 0.29) is 0 Å². The molecule has 8 aromatic rings. The SMILES string of the molecule is C/C=C\c1c(C)cccc1/C(C)=C/C(=C\C=C(C)CC)c1ccc(-c2c3ccccc3c(-c3cccc4c(-c5ccccc5)cccc34)c3ccccc23)cc1.CC. The maximum absolute atomic E-state index is 2.35. The lowest BCUT2D eigenvalue weighted by atomic mass is 9.84. The summed E-state index contributed by atoms with van der Waals surface area (Å²) < 4.78 is 0. The molecule has 0 aliphatic rings. The molecule has 8 rings (SSSR count). The summed E-state index contributed by atoms with van der Waals surface area (Å²) in [7, 11) is 0. The molecule has 0 heteroatoms. The summed E-state index contributed by atoms with van der Waals surface area (Å²) >= 11 is 0. The number of fused-ring (bicyclic) bond motifs is 3. The Morgan fingerprint density at radius 1 is 0.500 bits per heavy atom. The van der Waals surface area contributed by atoms with Gasteiger partial charge < -0.3 is 0 Å². The molecule has 0 saturated heterocycles. The van der Waals surface area contributed by atoms with E-state index >= 15 is 0 Å². The smallest absolute Gasteiger partial charge is 0.00201 e. The van der Waals surface area contributed by atoms with Gasteiger partial charge in [0.15, 0.2) is 0 Å². The minimum atomic E-state index is 1.03. The van der Waals surface area contributed by atoms with Crippen LogP contribution < -0.4 is 0 Å². The molecular formula is C58H54. The van der Waals surface area contributed by atoms with Crippen molar-refractivity contribution in [3.63, 3.8) is 0 Å². The van der Waals surface area contributed by atoms with Crippen molar-refractivity contribution in [1.29, 1.82) is 0 Å². The van der Waals surface area contributed by atoms with Crippen LogP contribution >= 0.6 is 0 Å². The van der Waals surface area contributed by atoms with Crippen LogP contribution in [0.25, 0.3) is 82.9 Å². The van der Waals surface area contributed by atoms with Crippen LogP contribution in [-0.4, -0.2) is 0 Å². The molecule has 0 fully saturated rings. The first-order valence-corrected chi connectivity index (χ1v) is 20.9. The Labute approximate surface area is 346 Å². The van der Waals surface area contributed by atoms with E-state index in [9.17, 15) is 0 Å². The van der Waals surface area contributed by atoms with Crippen LogP contribution in [-0.2, 0) is 0 Å². The third-order valence-electron chi connectivity index (χ3n) is 11.3. The van der Waals surface area contributed by atoms with E-state index < -0.39 is 0 Å². The Morgan fingerprint density at radius 3 is 1.64 bits per heavy atom. The zero-order valence-electron chi connectivity index (χ0n) is 35.1. The van der Waals surface area contributed by atoms with Crippen LogP contribution in [0.2, 0.25) is 0 Å². The number of hydrogen-bond donors (Lipinski definition) is 0. The molecule has 0 unspecified atom stereocenters. The Balaban J connectivity index is 0.00000252. The van der Waals surface area contributed by atoms with E-state index in [1.165, 1.54) is 105 Å². The molecule has 0 aliphatic carbocycles. The highest BCUT2D eigenvalue weighted by Gasteiger charge is 2.19. The molecule has 58 heavy (non-hydrogen) atoms. The Hall–Kier alpha value is -6.50. The van der Waals surface area contributed by atoms with Gasteiger partial charge >= 0.3 is 0 Å². The fraction of sp³-hybridized carbons (Fsp3) is 0.138. The van der Waals surface area contributed by atoms with Crippen LogP contribution in [0.5, 0.6) is 0 Å². The minimum Gasteiger partial charge on any atom is -0.0870 e. The summed E-state index contributed by atoms with van der Waals surface area (Å²) in [4.78, 5) is 0. The Morgan fingerprint density at radius 2 is 1.03 bits per heavy atom. The molecule has 0 heterocycles. The second-order valence-electron chi connectivity index (χ2n) is 14.8. The van der Waals surface area contributed by atoms with Crippen LogP contribution in [0.15, 0.2) is 188 Å². The third-order valence-corrected chi connectivity index (χ3v) is 11.3. The van der Waals surface area contributed by atoms with Gasteiger partial charge in [-0.2, -0.15) is 0 Å². The average molecular weight is 751 g/mol. The molecule has 0 nitrogen and oxygen atoms in total. The molecule has 0 saturated carbocycles. The summed E-state index contributed by atoms with van der Waals surface area (Å²) in [5.74, 6) is 0. The zero-order chi connectivity index (χ0) is 40.6. The lowest BCUT2D eigenvalue weighted by molar-refractivity contribution is 1.10. The van der Waals surface area contributed by atoms with Crippen molar-refractivity contribution in [3.05, 3.63) is 210 Å². The lowest BCUT2D eigenvalue weighted by Crippen LogP contribution is -1.93. The molecule has 0 bridgehead atoms. The molecule has 8 aromatic carbocycles. The first kappa shape index (κ1) is 39.7. The summed E-state index contributed by atoms with van der Waals surface area (Å²) in [6, 6.07) is 58.0. The second kappa shape index (κ2) is 18.2. The van der Waals surface area contributed by atoms with E-state index in [0.29, 0.717) is 0 Å². The quantitative estimate of drug-likeness (QED) is 0.102. The van der Waals surface area contributed by atoms with Crippen molar-refractivity contribution in [1.82, 2.24) is 0 Å². The Bertz CT molecular complexity index is 2780. The zero-order valence-corrected chi connectivity index (χ0v) is 35.1. The summed E-state index contributed by atoms with van der Waals surface area (Å²) in [6.07, 6.45) is 12.3. The topological polar surface area (TPSA) is 0 Å². The summed E-state index contributed by atoms with van der Waals surface area (Å²) in [5.41, 5.74) is 16.3. The van der Waals surface area contributed by atoms with Crippen LogP contribution in [0, 0.1) is 6.92 Å². The Kier molecular flexibility index (Phi) is 12.5. The first-order chi connectivity index (χ1) is 28.5. The molecule has 0 radical (unpaired) electrons. The highest BCUT2D eigenvalue weighted by Crippen LogP contribution is 2.46. The van der Waals surface area contributed by atoms with E-state index in [2.05, 4.69) is 223 Å². The minimum absolute atomic E-state index is 1.03. The molecule has 0 amide bonds. The predicted molar refractivity (Wildman–Crippen MR) is 258 cm³/mol. The molecular weight excluding hydrogens is 697 g/mol. The fourth-order valence-electron chi connectivity index (χ4n) is 8.26. The van der Waals surface area contributed by atoms with Crippen LogP contribution in [0.3, 0.4) is 0 Å². The van der Waals surface area contributed by atoms with E-state index in [1.54, 1.807) is 0 Å². The second-order valence-corrected chi connectivity index (χ2v) is 14.8. The van der Waals surface area contributed by atoms with Gasteiger partial charge in [0.1, 0.15) is 0 Å². The normalized spacial score (nSPS) is 12.4. The average Bonchev–Trinajstić information content (AvgIpc) is 3.28. The van der Waals surface area contributed by atoms with Crippen molar-refractivity contribution in [2.24, 2.45) is 0 Å². The van der Waals surface area contributed by atoms with Gasteiger partial charge in [-0.15, -0.1) is 0 Å². The highest BCUT2D eigenvalue weighted by molar-refractivity contribution is 6.24. The molecule has 286 valence electrons. The maximum atomic E-state index is 2.35. The first-order valence-electron chi connectivity index (χ1n) is 20.9. The lowest BCUT2D eigenvalue weighted by Gasteiger charge is -2.19. The van der Waals surface area contributed by atoms with Gasteiger partial charge in [-0.1, -0.05) is 214 Å². The number of hydrogen-bond acceptors (Lipinski definition) is 0. The van der Waals surface area contributed by atoms with Crippen LogP contribution in [0.1, 0.15) is 70.2 Å². The van der Waals surface area contributed by atoms with Gasteiger partial charge in [0.25, 0.3) is 0 Å². The molecule has 0 spiro atoms. The standard InChI is InChI=1S/C56H48.C2H6/c1-6-18-45-39(4)19-15-26-46(45)40(5)37-44(32-31-38(3)7-2)41-33-35-43(36-34-41)55-51-22-11-13-24-53(51)56(54-25-14-12-23-52(54)55)50-30-17-28-48-47(27-16-29-49(48)50)42-20-9-8-10-21-42;1-2/h6,8-37H,7H2,1-5H3;1-2H3/b18-6-,38-31?,40-37+,44-32+;. The maximum Gasteiger partial charge on any atom is -0.00201 e. The third kappa shape index (κ3) is 7.89. The van der Waals surface area contributed by atoms with Crippen LogP contribution in [0.4, 0.5) is 0 Å². The monoisotopic (exact) mass is 750 g/mol. The van der Waals surface area contributed by atoms with Gasteiger partial charge in [-0.3, -0.25) is 0 Å². The molecule has 0 N–H and O–H groups in total. The van der Waals surface area contributed by atoms with E-state index in [1.807, 2.05) is 13.8 Å². The van der Waals surface area contributed by atoms with Gasteiger partial charge in [-0.25, -0.2) is 0 Å². The van der Waals surface area contributed by atoms with E-state index in [4.69, 9.17) is 0 Å². The predicted octanol–water partition coefficient (Wildman–Crippen LogP) is 17.4. The van der Waals surface area contributed by atoms with Crippen molar-refractivity contribution < 1.29 is 0 Å². The largest absolute Gasteiger partial charge is 0.0870 e. The number of aryl methyl sites for hydroxylation is 1. The van der Waals surface area contributed by atoms with Crippen molar-refractivity contribution in [2.45, 2.75) is 54.9 Å². The van der Waals surface area contributed by atoms with Gasteiger partial charge in [-0.05, 0) is 133 Å². The van der Waals surface area contributed by atoms with Crippen molar-refractivity contribution in [2.75, 3.05) is 0 Å². The molecule has 0 aliphatic heterocycles. The molecule has 0 atom stereocenters. The number of benzene rings is 8.